The number of nitrogens with two attached hydrogens (primary N) is 1. The molecule has 0 aliphatic rings. The normalized spacial score (nSPS) is 10.4. The van der Waals surface area contributed by atoms with Crippen LogP contribution >= 0.6 is 0 Å². The molecular formula is C11H12FN5. The summed E-state index contributed by atoms with van der Waals surface area (Å²) in [5.41, 5.74) is 7.29. The van der Waals surface area contributed by atoms with Gasteiger partial charge in [0, 0.05) is 18.0 Å². The molecule has 2 heterocycles. The molecule has 2 rings (SSSR count). The molecule has 5 nitrogen and oxygen atoms in total. The minimum Gasteiger partial charge on any atom is -0.382 e. The van der Waals surface area contributed by atoms with Gasteiger partial charge in [-0.2, -0.15) is 5.10 Å². The maximum Gasteiger partial charge on any atom is 0.141 e. The topological polar surface area (TPSA) is 80.6 Å². The highest BCUT2D eigenvalue weighted by Gasteiger charge is 2.11. The van der Waals surface area contributed by atoms with E-state index in [4.69, 9.17) is 11.1 Å². The third-order valence-electron chi connectivity index (χ3n) is 2.31. The van der Waals surface area contributed by atoms with Crippen LogP contribution in [-0.2, 0) is 6.54 Å². The fourth-order valence-corrected chi connectivity index (χ4v) is 1.54. The largest absolute Gasteiger partial charge is 0.382 e. The van der Waals surface area contributed by atoms with Crippen molar-refractivity contribution in [1.29, 1.82) is 5.41 Å². The van der Waals surface area contributed by atoms with E-state index in [9.17, 15) is 4.39 Å². The summed E-state index contributed by atoms with van der Waals surface area (Å²) in [5, 5.41) is 11.6. The second kappa shape index (κ2) is 4.73. The van der Waals surface area contributed by atoms with Gasteiger partial charge in [-0.1, -0.05) is 0 Å². The van der Waals surface area contributed by atoms with E-state index >= 15 is 0 Å². The summed E-state index contributed by atoms with van der Waals surface area (Å²) in [6.07, 6.45) is 3.32. The van der Waals surface area contributed by atoms with Gasteiger partial charge in [0.15, 0.2) is 0 Å². The van der Waals surface area contributed by atoms with Gasteiger partial charge in [0.1, 0.15) is 18.2 Å². The SMILES string of the molecule is N=C(N)c1cc(-c2cccnc2)nn1CCF. The average Bonchev–Trinajstić information content (AvgIpc) is 2.75. The number of nitrogens with zero attached hydrogens (tertiary/aromatic N) is 3. The van der Waals surface area contributed by atoms with E-state index in [0.29, 0.717) is 11.4 Å². The molecule has 0 aliphatic heterocycles. The van der Waals surface area contributed by atoms with Crippen LogP contribution in [0.3, 0.4) is 0 Å². The Morgan fingerprint density at radius 3 is 2.94 bits per heavy atom. The number of nitrogen functional groups attached to an aromatic ring is 1. The van der Waals surface area contributed by atoms with Gasteiger partial charge in [0.2, 0.25) is 0 Å². The highest BCUT2D eigenvalue weighted by molar-refractivity contribution is 5.94. The van der Waals surface area contributed by atoms with Crippen LogP contribution in [0.4, 0.5) is 4.39 Å². The Hall–Kier alpha value is -2.24. The number of halogens is 1. The fourth-order valence-electron chi connectivity index (χ4n) is 1.54. The van der Waals surface area contributed by atoms with Crippen LogP contribution in [-0.4, -0.2) is 27.3 Å². The summed E-state index contributed by atoms with van der Waals surface area (Å²) in [4.78, 5) is 3.98. The number of hydrogen-bond acceptors (Lipinski definition) is 3. The number of hydrogen-bond donors (Lipinski definition) is 2. The van der Waals surface area contributed by atoms with Gasteiger partial charge in [0.05, 0.1) is 12.2 Å². The lowest BCUT2D eigenvalue weighted by Gasteiger charge is -2.01. The molecule has 17 heavy (non-hydrogen) atoms. The van der Waals surface area contributed by atoms with Crippen LogP contribution in [0.1, 0.15) is 5.69 Å². The van der Waals surface area contributed by atoms with Gasteiger partial charge in [-0.05, 0) is 18.2 Å². The standard InChI is InChI=1S/C11H12FN5/c12-3-5-17-10(11(13)14)6-9(16-17)8-2-1-4-15-7-8/h1-2,4,6-7H,3,5H2,(H3,13,14). The molecule has 88 valence electrons. The van der Waals surface area contributed by atoms with E-state index in [0.717, 1.165) is 5.56 Å². The van der Waals surface area contributed by atoms with Crippen molar-refractivity contribution in [3.8, 4) is 11.3 Å². The quantitative estimate of drug-likeness (QED) is 0.615. The summed E-state index contributed by atoms with van der Waals surface area (Å²) in [6, 6.07) is 5.30. The Kier molecular flexibility index (Phi) is 3.13. The predicted molar refractivity (Wildman–Crippen MR) is 62.4 cm³/mol. The van der Waals surface area contributed by atoms with E-state index in [1.807, 2.05) is 6.07 Å². The van der Waals surface area contributed by atoms with Gasteiger partial charge in [-0.25, -0.2) is 4.39 Å². The monoisotopic (exact) mass is 233 g/mol. The van der Waals surface area contributed by atoms with Crippen molar-refractivity contribution in [2.45, 2.75) is 6.54 Å². The molecule has 0 spiro atoms. The number of amidine groups is 1. The molecule has 0 unspecified atom stereocenters. The Morgan fingerprint density at radius 2 is 2.35 bits per heavy atom. The summed E-state index contributed by atoms with van der Waals surface area (Å²) in [6.45, 7) is -0.455. The van der Waals surface area contributed by atoms with Crippen molar-refractivity contribution in [2.24, 2.45) is 5.73 Å². The molecule has 0 saturated heterocycles. The van der Waals surface area contributed by atoms with Crippen molar-refractivity contribution in [1.82, 2.24) is 14.8 Å². The molecule has 3 N–H and O–H groups in total. The van der Waals surface area contributed by atoms with Crippen LogP contribution in [0.2, 0.25) is 0 Å². The molecule has 2 aromatic rings. The van der Waals surface area contributed by atoms with Crippen LogP contribution in [0.15, 0.2) is 30.6 Å². The molecule has 0 radical (unpaired) electrons. The Labute approximate surface area is 97.6 Å². The van der Waals surface area contributed by atoms with Crippen LogP contribution in [0.5, 0.6) is 0 Å². The molecular weight excluding hydrogens is 221 g/mol. The Morgan fingerprint density at radius 1 is 1.53 bits per heavy atom. The minimum atomic E-state index is -0.547. The highest BCUT2D eigenvalue weighted by atomic mass is 19.1. The van der Waals surface area contributed by atoms with Crippen LogP contribution in [0, 0.1) is 5.41 Å². The van der Waals surface area contributed by atoms with Crippen molar-refractivity contribution < 1.29 is 4.39 Å². The first-order chi connectivity index (χ1) is 8.22. The number of aryl methyl sites for hydroxylation is 1. The number of aromatic nitrogens is 3. The van der Waals surface area contributed by atoms with Crippen molar-refractivity contribution in [3.63, 3.8) is 0 Å². The van der Waals surface area contributed by atoms with Crippen molar-refractivity contribution in [3.05, 3.63) is 36.3 Å². The molecule has 0 saturated carbocycles. The number of nitrogens with one attached hydrogen (secondary N) is 1. The summed E-state index contributed by atoms with van der Waals surface area (Å²) >= 11 is 0. The summed E-state index contributed by atoms with van der Waals surface area (Å²) in [5.74, 6) is -0.124. The average molecular weight is 233 g/mol. The van der Waals surface area contributed by atoms with E-state index in [2.05, 4.69) is 10.1 Å². The first-order valence-electron chi connectivity index (χ1n) is 5.11. The highest BCUT2D eigenvalue weighted by Crippen LogP contribution is 2.17. The fraction of sp³-hybridized carbons (Fsp3) is 0.182. The van der Waals surface area contributed by atoms with Crippen molar-refractivity contribution >= 4 is 5.84 Å². The number of alkyl halides is 1. The van der Waals surface area contributed by atoms with Crippen LogP contribution in [0.25, 0.3) is 11.3 Å². The van der Waals surface area contributed by atoms with Gasteiger partial charge in [-0.3, -0.25) is 15.1 Å². The molecule has 0 aliphatic carbocycles. The zero-order chi connectivity index (χ0) is 12.3. The lowest BCUT2D eigenvalue weighted by Crippen LogP contribution is -2.18. The van der Waals surface area contributed by atoms with Gasteiger partial charge >= 0.3 is 0 Å². The van der Waals surface area contributed by atoms with Crippen LogP contribution < -0.4 is 5.73 Å². The Bertz CT molecular complexity index is 520. The molecule has 2 aromatic heterocycles. The third-order valence-corrected chi connectivity index (χ3v) is 2.31. The van der Waals surface area contributed by atoms with Gasteiger partial charge < -0.3 is 5.73 Å². The van der Waals surface area contributed by atoms with Gasteiger partial charge in [-0.15, -0.1) is 0 Å². The van der Waals surface area contributed by atoms with E-state index in [-0.39, 0.29) is 12.4 Å². The van der Waals surface area contributed by atoms with E-state index in [1.54, 1.807) is 24.5 Å². The zero-order valence-electron chi connectivity index (χ0n) is 9.10. The first kappa shape index (κ1) is 11.3. The molecule has 0 amide bonds. The second-order valence-electron chi connectivity index (χ2n) is 3.48. The van der Waals surface area contributed by atoms with E-state index in [1.165, 1.54) is 4.68 Å². The molecule has 0 aromatic carbocycles. The molecule has 6 heteroatoms. The van der Waals surface area contributed by atoms with E-state index < -0.39 is 6.67 Å². The second-order valence-corrected chi connectivity index (χ2v) is 3.48. The lowest BCUT2D eigenvalue weighted by molar-refractivity contribution is 0.426. The molecule has 0 atom stereocenters. The molecule has 0 bridgehead atoms. The lowest BCUT2D eigenvalue weighted by atomic mass is 10.2. The summed E-state index contributed by atoms with van der Waals surface area (Å²) in [7, 11) is 0. The maximum atomic E-state index is 12.3. The zero-order valence-corrected chi connectivity index (χ0v) is 9.10. The molecule has 0 fully saturated rings. The predicted octanol–water partition coefficient (Wildman–Crippen LogP) is 1.20. The minimum absolute atomic E-state index is 0.0924. The maximum absolute atomic E-state index is 12.3. The smallest absolute Gasteiger partial charge is 0.141 e. The van der Waals surface area contributed by atoms with Crippen molar-refractivity contribution in [2.75, 3.05) is 6.67 Å². The summed E-state index contributed by atoms with van der Waals surface area (Å²) < 4.78 is 13.7. The van der Waals surface area contributed by atoms with Gasteiger partial charge in [0.25, 0.3) is 0 Å². The first-order valence-corrected chi connectivity index (χ1v) is 5.11. The third kappa shape index (κ3) is 2.30. The Balaban J connectivity index is 2.44. The number of pyridine rings is 1. The number of rotatable bonds is 4.